The molecule has 38 heavy (non-hydrogen) atoms. The highest BCUT2D eigenvalue weighted by Gasteiger charge is 2.20. The predicted molar refractivity (Wildman–Crippen MR) is 151 cm³/mol. The van der Waals surface area contributed by atoms with Crippen molar-refractivity contribution >= 4 is 22.8 Å². The summed E-state index contributed by atoms with van der Waals surface area (Å²) in [6.45, 7) is 1.74. The number of nitrogens with one attached hydrogen (secondary N) is 3. The number of carboxylic acid groups (broad SMARTS) is 1. The highest BCUT2D eigenvalue weighted by atomic mass is 16.4. The van der Waals surface area contributed by atoms with E-state index in [0.717, 1.165) is 27.6 Å². The summed E-state index contributed by atoms with van der Waals surface area (Å²) < 4.78 is 0. The molecule has 4 aromatic rings. The number of benzene rings is 3. The van der Waals surface area contributed by atoms with Gasteiger partial charge in [-0.05, 0) is 29.2 Å². The van der Waals surface area contributed by atoms with Crippen molar-refractivity contribution in [1.82, 2.24) is 20.5 Å². The summed E-state index contributed by atoms with van der Waals surface area (Å²) in [6.07, 6.45) is 2.94. The van der Waals surface area contributed by atoms with Crippen LogP contribution in [0.25, 0.3) is 10.9 Å². The van der Waals surface area contributed by atoms with E-state index in [1.807, 2.05) is 92.1 Å². The number of aromatic nitrogens is 1. The van der Waals surface area contributed by atoms with Crippen LogP contribution >= 0.6 is 0 Å². The van der Waals surface area contributed by atoms with Crippen LogP contribution in [0.1, 0.15) is 35.6 Å². The topological polar surface area (TPSA) is 97.5 Å². The average molecular weight is 513 g/mol. The molecule has 4 N–H and O–H groups in total. The highest BCUT2D eigenvalue weighted by molar-refractivity contribution is 5.83. The first-order chi connectivity index (χ1) is 18.5. The number of amides is 1. The van der Waals surface area contributed by atoms with Crippen molar-refractivity contribution in [1.29, 1.82) is 0 Å². The van der Waals surface area contributed by atoms with Gasteiger partial charge in [0, 0.05) is 62.3 Å². The quantitative estimate of drug-likeness (QED) is 0.186. The molecular weight excluding hydrogens is 476 g/mol. The van der Waals surface area contributed by atoms with Gasteiger partial charge in [0.25, 0.3) is 0 Å². The van der Waals surface area contributed by atoms with Crippen LogP contribution in [0.4, 0.5) is 0 Å². The molecule has 4 rings (SSSR count). The van der Waals surface area contributed by atoms with E-state index in [4.69, 9.17) is 0 Å². The van der Waals surface area contributed by atoms with Crippen molar-refractivity contribution in [3.63, 3.8) is 0 Å². The first kappa shape index (κ1) is 27.1. The van der Waals surface area contributed by atoms with E-state index in [2.05, 4.69) is 21.7 Å². The Kier molecular flexibility index (Phi) is 9.67. The number of fused-ring (bicyclic) bond motifs is 1. The van der Waals surface area contributed by atoms with E-state index in [1.54, 1.807) is 4.90 Å². The summed E-state index contributed by atoms with van der Waals surface area (Å²) in [5.41, 5.74) is 4.29. The zero-order valence-corrected chi connectivity index (χ0v) is 21.8. The predicted octanol–water partition coefficient (Wildman–Crippen LogP) is 4.52. The minimum Gasteiger partial charge on any atom is -0.481 e. The maximum atomic E-state index is 13.1. The standard InChI is InChI=1S/C31H36N4O3/c1-35(22-23-10-4-2-5-11-23)30(36)20-29(24-12-6-3-7-13-24)33-17-16-32-26(19-31(37)38)18-25-21-34-28-15-9-8-14-27(25)28/h2-15,21,26,29,32-34H,16-20,22H2,1H3,(H,37,38)/t26?,29-/m0/s1. The van der Waals surface area contributed by atoms with Crippen molar-refractivity contribution in [2.75, 3.05) is 20.1 Å². The van der Waals surface area contributed by atoms with Crippen molar-refractivity contribution in [3.05, 3.63) is 108 Å². The Morgan fingerprint density at radius 2 is 1.53 bits per heavy atom. The zero-order valence-electron chi connectivity index (χ0n) is 21.8. The number of para-hydroxylation sites is 1. The van der Waals surface area contributed by atoms with E-state index in [-0.39, 0.29) is 24.4 Å². The Labute approximate surface area is 223 Å². The van der Waals surface area contributed by atoms with Gasteiger partial charge >= 0.3 is 5.97 Å². The lowest BCUT2D eigenvalue weighted by Gasteiger charge is -2.24. The molecule has 0 radical (unpaired) electrons. The number of hydrogen-bond acceptors (Lipinski definition) is 4. The van der Waals surface area contributed by atoms with Crippen molar-refractivity contribution in [3.8, 4) is 0 Å². The van der Waals surface area contributed by atoms with Crippen molar-refractivity contribution in [2.24, 2.45) is 0 Å². The molecule has 3 aromatic carbocycles. The van der Waals surface area contributed by atoms with E-state index in [1.165, 1.54) is 0 Å². The largest absolute Gasteiger partial charge is 0.481 e. The summed E-state index contributed by atoms with van der Waals surface area (Å²) in [4.78, 5) is 29.6. The molecule has 1 unspecified atom stereocenters. The lowest BCUT2D eigenvalue weighted by Crippen LogP contribution is -2.39. The summed E-state index contributed by atoms with van der Waals surface area (Å²) in [7, 11) is 1.83. The van der Waals surface area contributed by atoms with Gasteiger partial charge in [-0.3, -0.25) is 9.59 Å². The molecule has 2 atom stereocenters. The Balaban J connectivity index is 1.34. The number of carbonyl (C=O) groups is 2. The molecule has 0 aliphatic carbocycles. The second-order valence-electron chi connectivity index (χ2n) is 9.67. The summed E-state index contributed by atoms with van der Waals surface area (Å²) in [6, 6.07) is 27.6. The fourth-order valence-corrected chi connectivity index (χ4v) is 4.79. The van der Waals surface area contributed by atoms with Gasteiger partial charge in [-0.1, -0.05) is 78.9 Å². The number of carbonyl (C=O) groups excluding carboxylic acids is 1. The van der Waals surface area contributed by atoms with Gasteiger partial charge < -0.3 is 25.6 Å². The Hall–Kier alpha value is -3.94. The van der Waals surface area contributed by atoms with Gasteiger partial charge in [-0.15, -0.1) is 0 Å². The minimum absolute atomic E-state index is 0.0321. The van der Waals surface area contributed by atoms with E-state index in [0.29, 0.717) is 32.5 Å². The maximum absolute atomic E-state index is 13.1. The molecule has 1 amide bonds. The fourth-order valence-electron chi connectivity index (χ4n) is 4.79. The van der Waals surface area contributed by atoms with Crippen LogP contribution in [0.5, 0.6) is 0 Å². The van der Waals surface area contributed by atoms with E-state index >= 15 is 0 Å². The third-order valence-electron chi connectivity index (χ3n) is 6.78. The Morgan fingerprint density at radius 3 is 2.26 bits per heavy atom. The van der Waals surface area contributed by atoms with Crippen LogP contribution in [0.15, 0.2) is 91.1 Å². The first-order valence-corrected chi connectivity index (χ1v) is 13.1. The SMILES string of the molecule is CN(Cc1ccccc1)C(=O)C[C@H](NCCNC(CC(=O)O)Cc1c[nH]c2ccccc12)c1ccccc1. The van der Waals surface area contributed by atoms with E-state index < -0.39 is 5.97 Å². The highest BCUT2D eigenvalue weighted by Crippen LogP contribution is 2.20. The maximum Gasteiger partial charge on any atom is 0.304 e. The third-order valence-corrected chi connectivity index (χ3v) is 6.78. The van der Waals surface area contributed by atoms with Crippen LogP contribution < -0.4 is 10.6 Å². The number of hydrogen-bond donors (Lipinski definition) is 4. The van der Waals surface area contributed by atoms with Gasteiger partial charge in [-0.2, -0.15) is 0 Å². The number of H-pyrrole nitrogens is 1. The molecule has 0 bridgehead atoms. The number of nitrogens with zero attached hydrogens (tertiary/aromatic N) is 1. The summed E-state index contributed by atoms with van der Waals surface area (Å²) >= 11 is 0. The molecule has 0 fully saturated rings. The Bertz CT molecular complexity index is 1310. The molecule has 7 heteroatoms. The third kappa shape index (κ3) is 7.78. The van der Waals surface area contributed by atoms with Gasteiger partial charge in [0.05, 0.1) is 6.42 Å². The monoisotopic (exact) mass is 512 g/mol. The molecule has 7 nitrogen and oxygen atoms in total. The van der Waals surface area contributed by atoms with Gasteiger partial charge in [0.1, 0.15) is 0 Å². The number of rotatable bonds is 14. The molecule has 0 saturated carbocycles. The molecule has 0 aliphatic heterocycles. The molecule has 1 aromatic heterocycles. The lowest BCUT2D eigenvalue weighted by atomic mass is 10.0. The average Bonchev–Trinajstić information content (AvgIpc) is 3.33. The summed E-state index contributed by atoms with van der Waals surface area (Å²) in [5, 5.41) is 17.5. The van der Waals surface area contributed by atoms with E-state index in [9.17, 15) is 14.7 Å². The van der Waals surface area contributed by atoms with Gasteiger partial charge in [-0.25, -0.2) is 0 Å². The lowest BCUT2D eigenvalue weighted by molar-refractivity contribution is -0.137. The number of aliphatic carboxylic acids is 1. The van der Waals surface area contributed by atoms with Crippen LogP contribution in [0.2, 0.25) is 0 Å². The van der Waals surface area contributed by atoms with Gasteiger partial charge in [0.15, 0.2) is 0 Å². The molecule has 0 aliphatic rings. The normalized spacial score (nSPS) is 12.8. The van der Waals surface area contributed by atoms with Crippen LogP contribution in [-0.4, -0.2) is 53.0 Å². The second-order valence-corrected chi connectivity index (χ2v) is 9.67. The number of carboxylic acids is 1. The zero-order chi connectivity index (χ0) is 26.7. The number of aromatic amines is 1. The molecular formula is C31H36N4O3. The first-order valence-electron chi connectivity index (χ1n) is 13.1. The van der Waals surface area contributed by atoms with Crippen molar-refractivity contribution < 1.29 is 14.7 Å². The summed E-state index contributed by atoms with van der Waals surface area (Å²) in [5.74, 6) is -0.768. The minimum atomic E-state index is -0.829. The van der Waals surface area contributed by atoms with Crippen LogP contribution in [-0.2, 0) is 22.6 Å². The molecule has 198 valence electrons. The molecule has 0 saturated heterocycles. The van der Waals surface area contributed by atoms with Crippen molar-refractivity contribution in [2.45, 2.75) is 37.9 Å². The van der Waals surface area contributed by atoms with Crippen LogP contribution in [0, 0.1) is 0 Å². The Morgan fingerprint density at radius 1 is 0.868 bits per heavy atom. The second kappa shape index (κ2) is 13.6. The van der Waals surface area contributed by atoms with Gasteiger partial charge in [0.2, 0.25) is 5.91 Å². The molecule has 1 heterocycles. The molecule has 0 spiro atoms. The smallest absolute Gasteiger partial charge is 0.304 e. The fraction of sp³-hybridized carbons (Fsp3) is 0.290. The van der Waals surface area contributed by atoms with Crippen LogP contribution in [0.3, 0.4) is 0 Å².